The van der Waals surface area contributed by atoms with Gasteiger partial charge in [-0.15, -0.1) is 0 Å². The lowest BCUT2D eigenvalue weighted by Gasteiger charge is -2.44. The first-order valence-corrected chi connectivity index (χ1v) is 4.73. The van der Waals surface area contributed by atoms with Crippen LogP contribution >= 0.6 is 0 Å². The molecule has 0 saturated carbocycles. The Labute approximate surface area is 90.0 Å². The predicted octanol–water partition coefficient (Wildman–Crippen LogP) is 0.407. The van der Waals surface area contributed by atoms with Crippen molar-refractivity contribution in [3.05, 3.63) is 0 Å². The fourth-order valence-electron chi connectivity index (χ4n) is 1.81. The van der Waals surface area contributed by atoms with Crippen molar-refractivity contribution < 1.29 is 32.9 Å². The van der Waals surface area contributed by atoms with Gasteiger partial charge >= 0.3 is 6.18 Å². The Kier molecular flexibility index (Phi) is 3.33. The highest BCUT2D eigenvalue weighted by molar-refractivity contribution is 5.86. The molecule has 0 amide bonds. The molecule has 1 aliphatic heterocycles. The number of carbonyl (C=O) groups excluding carboxylic acids is 1. The summed E-state index contributed by atoms with van der Waals surface area (Å²) in [6, 6.07) is 0. The van der Waals surface area contributed by atoms with Crippen LogP contribution in [0, 0.1) is 0 Å². The summed E-state index contributed by atoms with van der Waals surface area (Å²) in [5.41, 5.74) is -2.91. The number of ketones is 1. The molecule has 0 aliphatic carbocycles. The van der Waals surface area contributed by atoms with Crippen LogP contribution < -0.4 is 0 Å². The SMILES string of the molecule is CC(=O)C1(O)C(O)CC(C)OC1C(F)(F)F. The summed E-state index contributed by atoms with van der Waals surface area (Å²) in [5.74, 6) is -1.16. The summed E-state index contributed by atoms with van der Waals surface area (Å²) in [6.07, 6.45) is -10.5. The Morgan fingerprint density at radius 3 is 2.38 bits per heavy atom. The molecule has 0 aromatic heterocycles. The molecule has 94 valence electrons. The molecule has 0 radical (unpaired) electrons. The summed E-state index contributed by atoms with van der Waals surface area (Å²) in [7, 11) is 0. The van der Waals surface area contributed by atoms with Crippen molar-refractivity contribution in [3.8, 4) is 0 Å². The van der Waals surface area contributed by atoms with Crippen LogP contribution in [-0.4, -0.2) is 46.1 Å². The number of hydrogen-bond donors (Lipinski definition) is 2. The first-order valence-electron chi connectivity index (χ1n) is 4.73. The van der Waals surface area contributed by atoms with Crippen molar-refractivity contribution in [2.45, 2.75) is 50.4 Å². The fourth-order valence-corrected chi connectivity index (χ4v) is 1.81. The van der Waals surface area contributed by atoms with Crippen LogP contribution in [0.5, 0.6) is 0 Å². The molecule has 1 rings (SSSR count). The maximum absolute atomic E-state index is 12.6. The highest BCUT2D eigenvalue weighted by atomic mass is 19.4. The zero-order valence-corrected chi connectivity index (χ0v) is 8.78. The summed E-state index contributed by atoms with van der Waals surface area (Å²) in [6.45, 7) is 2.13. The van der Waals surface area contributed by atoms with E-state index in [2.05, 4.69) is 4.74 Å². The number of aliphatic hydroxyl groups excluding tert-OH is 1. The molecule has 0 aromatic rings. The minimum absolute atomic E-state index is 0.220. The van der Waals surface area contributed by atoms with E-state index in [4.69, 9.17) is 0 Å². The van der Waals surface area contributed by atoms with Crippen molar-refractivity contribution in [3.63, 3.8) is 0 Å². The van der Waals surface area contributed by atoms with Gasteiger partial charge in [-0.3, -0.25) is 4.79 Å². The zero-order valence-electron chi connectivity index (χ0n) is 8.78. The quantitative estimate of drug-likeness (QED) is 0.698. The van der Waals surface area contributed by atoms with Gasteiger partial charge in [0.1, 0.15) is 0 Å². The molecular weight excluding hydrogens is 229 g/mol. The van der Waals surface area contributed by atoms with Gasteiger partial charge in [0.25, 0.3) is 0 Å². The molecule has 0 spiro atoms. The second-order valence-corrected chi connectivity index (χ2v) is 4.00. The Morgan fingerprint density at radius 2 is 2.00 bits per heavy atom. The minimum atomic E-state index is -4.91. The number of Topliss-reactive ketones (excluding diaryl/α,β-unsaturated/α-hetero) is 1. The topological polar surface area (TPSA) is 66.8 Å². The average Bonchev–Trinajstić information content (AvgIpc) is 2.09. The molecule has 0 bridgehead atoms. The maximum atomic E-state index is 12.6. The molecule has 1 aliphatic rings. The molecule has 4 atom stereocenters. The highest BCUT2D eigenvalue weighted by Crippen LogP contribution is 2.39. The van der Waals surface area contributed by atoms with Gasteiger partial charge in [0.05, 0.1) is 12.2 Å². The smallest absolute Gasteiger partial charge is 0.389 e. The summed E-state index contributed by atoms with van der Waals surface area (Å²) < 4.78 is 42.3. The number of aliphatic hydroxyl groups is 2. The van der Waals surface area contributed by atoms with E-state index >= 15 is 0 Å². The number of halogens is 3. The standard InChI is InChI=1S/C9H13F3O4/c1-4-3-6(14)8(15,5(2)13)7(16-4)9(10,11)12/h4,6-7,14-15H,3H2,1-2H3. The number of carbonyl (C=O) groups is 1. The Bertz CT molecular complexity index is 291. The number of hydrogen-bond acceptors (Lipinski definition) is 4. The average molecular weight is 242 g/mol. The van der Waals surface area contributed by atoms with Crippen LogP contribution in [0.3, 0.4) is 0 Å². The van der Waals surface area contributed by atoms with E-state index in [1.807, 2.05) is 0 Å². The van der Waals surface area contributed by atoms with Gasteiger partial charge in [-0.2, -0.15) is 13.2 Å². The van der Waals surface area contributed by atoms with Gasteiger partial charge < -0.3 is 14.9 Å². The fraction of sp³-hybridized carbons (Fsp3) is 0.889. The first-order chi connectivity index (χ1) is 7.10. The third kappa shape index (κ3) is 2.07. The monoisotopic (exact) mass is 242 g/mol. The van der Waals surface area contributed by atoms with Crippen molar-refractivity contribution in [1.29, 1.82) is 0 Å². The van der Waals surface area contributed by atoms with Crippen molar-refractivity contribution in [2.24, 2.45) is 0 Å². The van der Waals surface area contributed by atoms with Crippen LogP contribution in [0.25, 0.3) is 0 Å². The van der Waals surface area contributed by atoms with Crippen LogP contribution in [0.1, 0.15) is 20.3 Å². The lowest BCUT2D eigenvalue weighted by molar-refractivity contribution is -0.311. The Morgan fingerprint density at radius 1 is 1.50 bits per heavy atom. The van der Waals surface area contributed by atoms with Crippen LogP contribution in [0.4, 0.5) is 13.2 Å². The molecule has 4 nitrogen and oxygen atoms in total. The Hall–Kier alpha value is -0.660. The predicted molar refractivity (Wildman–Crippen MR) is 46.6 cm³/mol. The van der Waals surface area contributed by atoms with Crippen molar-refractivity contribution in [1.82, 2.24) is 0 Å². The summed E-state index contributed by atoms with van der Waals surface area (Å²) in [4.78, 5) is 11.1. The van der Waals surface area contributed by atoms with Crippen LogP contribution in [-0.2, 0) is 9.53 Å². The third-order valence-corrected chi connectivity index (χ3v) is 2.69. The second-order valence-electron chi connectivity index (χ2n) is 4.00. The van der Waals surface area contributed by atoms with Crippen molar-refractivity contribution >= 4 is 5.78 Å². The lowest BCUT2D eigenvalue weighted by Crippen LogP contribution is -2.67. The summed E-state index contributed by atoms with van der Waals surface area (Å²) in [5, 5.41) is 19.1. The van der Waals surface area contributed by atoms with Gasteiger partial charge in [-0.1, -0.05) is 0 Å². The van der Waals surface area contributed by atoms with E-state index in [-0.39, 0.29) is 6.42 Å². The van der Waals surface area contributed by atoms with Crippen LogP contribution in [0.2, 0.25) is 0 Å². The first kappa shape index (κ1) is 13.4. The molecule has 1 heterocycles. The Balaban J connectivity index is 3.13. The van der Waals surface area contributed by atoms with Gasteiger partial charge in [-0.25, -0.2) is 0 Å². The number of rotatable bonds is 1. The maximum Gasteiger partial charge on any atom is 0.418 e. The second kappa shape index (κ2) is 3.97. The molecule has 0 aromatic carbocycles. The third-order valence-electron chi connectivity index (χ3n) is 2.69. The van der Waals surface area contributed by atoms with E-state index in [0.717, 1.165) is 6.92 Å². The molecule has 7 heteroatoms. The van der Waals surface area contributed by atoms with E-state index < -0.39 is 35.9 Å². The molecular formula is C9H13F3O4. The molecule has 1 fully saturated rings. The molecule has 2 N–H and O–H groups in total. The van der Waals surface area contributed by atoms with E-state index in [0.29, 0.717) is 0 Å². The number of ether oxygens (including phenoxy) is 1. The van der Waals surface area contributed by atoms with Gasteiger partial charge in [0.15, 0.2) is 17.5 Å². The molecule has 16 heavy (non-hydrogen) atoms. The van der Waals surface area contributed by atoms with Crippen molar-refractivity contribution in [2.75, 3.05) is 0 Å². The number of alkyl halides is 3. The van der Waals surface area contributed by atoms with E-state index in [1.165, 1.54) is 6.92 Å². The molecule has 4 unspecified atom stereocenters. The zero-order chi connectivity index (χ0) is 12.7. The van der Waals surface area contributed by atoms with Gasteiger partial charge in [0, 0.05) is 6.42 Å². The van der Waals surface area contributed by atoms with Crippen LogP contribution in [0.15, 0.2) is 0 Å². The normalized spacial score (nSPS) is 40.8. The summed E-state index contributed by atoms with van der Waals surface area (Å²) >= 11 is 0. The van der Waals surface area contributed by atoms with Gasteiger partial charge in [-0.05, 0) is 13.8 Å². The van der Waals surface area contributed by atoms with E-state index in [1.54, 1.807) is 0 Å². The van der Waals surface area contributed by atoms with Gasteiger partial charge in [0.2, 0.25) is 0 Å². The lowest BCUT2D eigenvalue weighted by atomic mass is 9.81. The minimum Gasteiger partial charge on any atom is -0.389 e. The molecule has 1 saturated heterocycles. The van der Waals surface area contributed by atoms with E-state index in [9.17, 15) is 28.2 Å². The largest absolute Gasteiger partial charge is 0.418 e. The highest BCUT2D eigenvalue weighted by Gasteiger charge is 2.63.